The van der Waals surface area contributed by atoms with E-state index in [1.165, 1.54) is 12.8 Å². The Morgan fingerprint density at radius 1 is 1.25 bits per heavy atom. The summed E-state index contributed by atoms with van der Waals surface area (Å²) in [6.45, 7) is 11.2. The quantitative estimate of drug-likeness (QED) is 0.812. The second-order valence-corrected chi connectivity index (χ2v) is 6.27. The predicted octanol–water partition coefficient (Wildman–Crippen LogP) is 1.74. The minimum atomic E-state index is 0. The van der Waals surface area contributed by atoms with E-state index in [-0.39, 0.29) is 12.4 Å². The molecule has 1 unspecified atom stereocenters. The number of nitrogens with zero attached hydrogens (tertiary/aromatic N) is 2. The van der Waals surface area contributed by atoms with Crippen LogP contribution in [0.2, 0.25) is 0 Å². The molecule has 5 heteroatoms. The van der Waals surface area contributed by atoms with E-state index in [1.54, 1.807) is 0 Å². The van der Waals surface area contributed by atoms with Gasteiger partial charge < -0.3 is 10.2 Å². The van der Waals surface area contributed by atoms with Crippen LogP contribution in [0, 0.1) is 5.41 Å². The second kappa shape index (κ2) is 8.20. The van der Waals surface area contributed by atoms with Crippen LogP contribution in [0.4, 0.5) is 0 Å². The third kappa shape index (κ3) is 4.34. The molecule has 2 fully saturated rings. The Balaban J connectivity index is 0.00000200. The minimum Gasteiger partial charge on any atom is -0.342 e. The summed E-state index contributed by atoms with van der Waals surface area (Å²) in [6.07, 6.45) is 4.65. The number of halogens is 1. The molecule has 2 aliphatic heterocycles. The molecule has 4 nitrogen and oxygen atoms in total. The van der Waals surface area contributed by atoms with Crippen molar-refractivity contribution in [2.24, 2.45) is 5.41 Å². The van der Waals surface area contributed by atoms with Crippen LogP contribution in [-0.2, 0) is 4.79 Å². The maximum atomic E-state index is 12.4. The molecule has 0 aliphatic carbocycles. The van der Waals surface area contributed by atoms with Gasteiger partial charge in [-0.1, -0.05) is 13.8 Å². The van der Waals surface area contributed by atoms with E-state index in [9.17, 15) is 4.79 Å². The average molecular weight is 304 g/mol. The summed E-state index contributed by atoms with van der Waals surface area (Å²) in [5.41, 5.74) is 0.473. The normalized spacial score (nSPS) is 25.9. The van der Waals surface area contributed by atoms with Gasteiger partial charge in [0.2, 0.25) is 5.91 Å². The van der Waals surface area contributed by atoms with Crippen LogP contribution in [0.15, 0.2) is 0 Å². The highest BCUT2D eigenvalue weighted by Gasteiger charge is 2.40. The highest BCUT2D eigenvalue weighted by Crippen LogP contribution is 2.35. The molecule has 0 aromatic heterocycles. The highest BCUT2D eigenvalue weighted by atomic mass is 35.5. The lowest BCUT2D eigenvalue weighted by Crippen LogP contribution is -2.41. The Bertz CT molecular complexity index is 299. The summed E-state index contributed by atoms with van der Waals surface area (Å²) in [4.78, 5) is 16.8. The zero-order valence-corrected chi connectivity index (χ0v) is 13.8. The van der Waals surface area contributed by atoms with Crippen molar-refractivity contribution in [2.75, 3.05) is 45.8 Å². The van der Waals surface area contributed by atoms with Crippen molar-refractivity contribution in [3.63, 3.8) is 0 Å². The van der Waals surface area contributed by atoms with Crippen molar-refractivity contribution in [3.8, 4) is 0 Å². The van der Waals surface area contributed by atoms with Crippen LogP contribution < -0.4 is 5.32 Å². The molecule has 2 heterocycles. The Labute approximate surface area is 129 Å². The van der Waals surface area contributed by atoms with Crippen molar-refractivity contribution >= 4 is 18.3 Å². The van der Waals surface area contributed by atoms with Gasteiger partial charge in [-0.25, -0.2) is 0 Å². The van der Waals surface area contributed by atoms with Gasteiger partial charge in [0.15, 0.2) is 0 Å². The lowest BCUT2D eigenvalue weighted by Gasteiger charge is -2.26. The topological polar surface area (TPSA) is 35.6 Å². The molecule has 1 N–H and O–H groups in total. The smallest absolute Gasteiger partial charge is 0.236 e. The second-order valence-electron chi connectivity index (χ2n) is 6.27. The molecule has 1 atom stereocenters. The van der Waals surface area contributed by atoms with Crippen LogP contribution in [0.3, 0.4) is 0 Å². The van der Waals surface area contributed by atoms with E-state index in [2.05, 4.69) is 24.1 Å². The first-order chi connectivity index (χ1) is 9.19. The number of carbonyl (C=O) groups excluding carboxylic acids is 1. The van der Waals surface area contributed by atoms with E-state index >= 15 is 0 Å². The molecule has 0 radical (unpaired) electrons. The fraction of sp³-hybridized carbons (Fsp3) is 0.933. The molecule has 0 aromatic carbocycles. The Morgan fingerprint density at radius 2 is 1.95 bits per heavy atom. The molecule has 118 valence electrons. The van der Waals surface area contributed by atoms with Crippen LogP contribution in [0.1, 0.15) is 39.5 Å². The zero-order valence-electron chi connectivity index (χ0n) is 13.0. The zero-order chi connectivity index (χ0) is 13.7. The molecule has 1 amide bonds. The van der Waals surface area contributed by atoms with Crippen molar-refractivity contribution in [2.45, 2.75) is 39.5 Å². The third-order valence-electron chi connectivity index (χ3n) is 4.55. The summed E-state index contributed by atoms with van der Waals surface area (Å²) in [5, 5.41) is 3.47. The largest absolute Gasteiger partial charge is 0.342 e. The van der Waals surface area contributed by atoms with Gasteiger partial charge in [-0.15, -0.1) is 12.4 Å². The van der Waals surface area contributed by atoms with Crippen molar-refractivity contribution in [1.82, 2.24) is 15.1 Å². The predicted molar refractivity (Wildman–Crippen MR) is 85.4 cm³/mol. The average Bonchev–Trinajstić information content (AvgIpc) is 3.00. The highest BCUT2D eigenvalue weighted by molar-refractivity contribution is 5.85. The maximum absolute atomic E-state index is 12.4. The van der Waals surface area contributed by atoms with Gasteiger partial charge in [0.05, 0.1) is 6.54 Å². The van der Waals surface area contributed by atoms with Gasteiger partial charge in [-0.05, 0) is 44.2 Å². The number of hydrogen-bond acceptors (Lipinski definition) is 3. The van der Waals surface area contributed by atoms with E-state index in [0.29, 0.717) is 17.9 Å². The first-order valence-electron chi connectivity index (χ1n) is 7.90. The fourth-order valence-electron chi connectivity index (χ4n) is 3.50. The van der Waals surface area contributed by atoms with Crippen LogP contribution in [-0.4, -0.2) is 61.5 Å². The summed E-state index contributed by atoms with van der Waals surface area (Å²) in [6, 6.07) is 0. The molecule has 20 heavy (non-hydrogen) atoms. The minimum absolute atomic E-state index is 0. The summed E-state index contributed by atoms with van der Waals surface area (Å²) >= 11 is 0. The van der Waals surface area contributed by atoms with Crippen molar-refractivity contribution in [1.29, 1.82) is 0 Å². The standard InChI is InChI=1S/C15H29N3O.ClH/c1-3-8-18(9-4-2)14(19)11-17-10-6-15(13-17)5-7-16-12-15;/h16H,3-13H2,1-2H3;1H. The number of amides is 1. The Hall–Kier alpha value is -0.320. The van der Waals surface area contributed by atoms with Crippen LogP contribution in [0.5, 0.6) is 0 Å². The maximum Gasteiger partial charge on any atom is 0.236 e. The van der Waals surface area contributed by atoms with E-state index in [0.717, 1.165) is 52.1 Å². The number of nitrogens with one attached hydrogen (secondary N) is 1. The van der Waals surface area contributed by atoms with Crippen LogP contribution >= 0.6 is 12.4 Å². The summed E-state index contributed by atoms with van der Waals surface area (Å²) < 4.78 is 0. The molecule has 2 aliphatic rings. The molecular formula is C15H30ClN3O. The fourth-order valence-corrected chi connectivity index (χ4v) is 3.50. The first-order valence-corrected chi connectivity index (χ1v) is 7.90. The van der Waals surface area contributed by atoms with E-state index in [1.807, 2.05) is 4.90 Å². The van der Waals surface area contributed by atoms with Crippen molar-refractivity contribution < 1.29 is 4.79 Å². The first kappa shape index (κ1) is 17.7. The molecule has 0 bridgehead atoms. The Morgan fingerprint density at radius 3 is 2.50 bits per heavy atom. The third-order valence-corrected chi connectivity index (χ3v) is 4.55. The molecule has 1 spiro atoms. The number of hydrogen-bond donors (Lipinski definition) is 1. The van der Waals surface area contributed by atoms with Crippen LogP contribution in [0.25, 0.3) is 0 Å². The monoisotopic (exact) mass is 303 g/mol. The molecule has 2 rings (SSSR count). The van der Waals surface area contributed by atoms with E-state index in [4.69, 9.17) is 0 Å². The van der Waals surface area contributed by atoms with Gasteiger partial charge >= 0.3 is 0 Å². The van der Waals surface area contributed by atoms with Gasteiger partial charge in [-0.2, -0.15) is 0 Å². The van der Waals surface area contributed by atoms with Gasteiger partial charge in [0.1, 0.15) is 0 Å². The molecule has 0 saturated carbocycles. The van der Waals surface area contributed by atoms with Gasteiger partial charge in [0, 0.05) is 26.2 Å². The molecular weight excluding hydrogens is 274 g/mol. The number of rotatable bonds is 6. The van der Waals surface area contributed by atoms with Crippen molar-refractivity contribution in [3.05, 3.63) is 0 Å². The molecule has 2 saturated heterocycles. The number of carbonyl (C=O) groups is 1. The lowest BCUT2D eigenvalue weighted by atomic mass is 9.87. The molecule has 0 aromatic rings. The number of likely N-dealkylation sites (tertiary alicyclic amines) is 1. The SMILES string of the molecule is CCCN(CCC)C(=O)CN1CCC2(CCNC2)C1.Cl. The summed E-state index contributed by atoms with van der Waals surface area (Å²) in [7, 11) is 0. The van der Waals surface area contributed by atoms with Gasteiger partial charge in [0.25, 0.3) is 0 Å². The Kier molecular flexibility index (Phi) is 7.27. The van der Waals surface area contributed by atoms with Gasteiger partial charge in [-0.3, -0.25) is 9.69 Å². The lowest BCUT2D eigenvalue weighted by molar-refractivity contribution is -0.132. The summed E-state index contributed by atoms with van der Waals surface area (Å²) in [5.74, 6) is 0.326. The van der Waals surface area contributed by atoms with E-state index < -0.39 is 0 Å².